The number of esters is 2. The van der Waals surface area contributed by atoms with Crippen LogP contribution in [0.25, 0.3) is 0 Å². The molecule has 2 N–H and O–H groups in total. The van der Waals surface area contributed by atoms with E-state index in [-0.39, 0.29) is 33.6 Å². The minimum Gasteiger partial charge on any atom is -0.462 e. The van der Waals surface area contributed by atoms with Crippen molar-refractivity contribution in [1.82, 2.24) is 10.6 Å². The molecule has 6 nitrogen and oxygen atoms in total. The normalized spacial score (nSPS) is 12.6. The Morgan fingerprint density at radius 1 is 0.389 bits per heavy atom. The molecule has 54 heavy (non-hydrogen) atoms. The number of carbonyl (C=O) groups excluding carboxylic acids is 2. The van der Waals surface area contributed by atoms with Crippen LogP contribution >= 0.6 is 0 Å². The average molecular weight is 749 g/mol. The Labute approximate surface area is 331 Å². The van der Waals surface area contributed by atoms with E-state index >= 15 is 0 Å². The minimum absolute atomic E-state index is 0.0225. The Morgan fingerprint density at radius 3 is 0.870 bits per heavy atom. The molecule has 0 amide bonds. The van der Waals surface area contributed by atoms with Gasteiger partial charge in [0.25, 0.3) is 0 Å². The average Bonchev–Trinajstić information content (AvgIpc) is 3.08. The summed E-state index contributed by atoms with van der Waals surface area (Å²) in [5.41, 5.74) is 5.94. The quantitative estimate of drug-likeness (QED) is 0.0870. The highest BCUT2D eigenvalue weighted by molar-refractivity contribution is 5.90. The molecule has 2 aromatic carbocycles. The van der Waals surface area contributed by atoms with E-state index in [0.717, 1.165) is 77.5 Å². The molecule has 0 bridgehead atoms. The van der Waals surface area contributed by atoms with Gasteiger partial charge in [0.05, 0.1) is 24.3 Å². The number of rotatable bonds is 23. The molecule has 0 aliphatic rings. The van der Waals surface area contributed by atoms with Crippen molar-refractivity contribution in [2.24, 2.45) is 0 Å². The van der Waals surface area contributed by atoms with E-state index in [4.69, 9.17) is 9.47 Å². The van der Waals surface area contributed by atoms with Gasteiger partial charge in [0, 0.05) is 0 Å². The molecule has 0 atom stereocenters. The summed E-state index contributed by atoms with van der Waals surface area (Å²) in [5, 5.41) is 7.18. The Kier molecular flexibility index (Phi) is 20.0. The van der Waals surface area contributed by atoms with Crippen LogP contribution in [0.3, 0.4) is 0 Å². The molecular formula is C48H80N2O4. The molecule has 6 heteroatoms. The maximum Gasteiger partial charge on any atom is 0.338 e. The van der Waals surface area contributed by atoms with Gasteiger partial charge in [-0.1, -0.05) is 134 Å². The second-order valence-corrected chi connectivity index (χ2v) is 19.6. The van der Waals surface area contributed by atoms with Gasteiger partial charge < -0.3 is 20.1 Å². The Bertz CT molecular complexity index is 1230. The lowest BCUT2D eigenvalue weighted by Crippen LogP contribution is -2.19. The van der Waals surface area contributed by atoms with Crippen molar-refractivity contribution >= 4 is 11.9 Å². The molecule has 0 aliphatic carbocycles. The summed E-state index contributed by atoms with van der Waals surface area (Å²) in [7, 11) is 0. The molecule has 0 heterocycles. The van der Waals surface area contributed by atoms with Crippen LogP contribution in [0, 0.1) is 0 Å². The molecule has 0 aliphatic heterocycles. The second kappa shape index (κ2) is 22.8. The van der Waals surface area contributed by atoms with Crippen molar-refractivity contribution in [1.29, 1.82) is 0 Å². The standard InChI is InChI=1S/C48H80N2O4/c1-45(2,3)39-31-37(32-40(35-39)46(4,5)6)43(51)53-29-23-17-15-21-27-49-25-19-13-14-20-26-50-28-22-16-18-24-30-54-44(52)38-33-41(47(7,8)9)36-42(34-38)48(10,11)12/h31-36,49-50H,13-30H2,1-12H3. The number of ether oxygens (including phenoxy) is 2. The third-order valence-electron chi connectivity index (χ3n) is 10.2. The van der Waals surface area contributed by atoms with Crippen molar-refractivity contribution in [3.05, 3.63) is 69.8 Å². The van der Waals surface area contributed by atoms with Crippen LogP contribution in [0.1, 0.15) is 203 Å². The first-order valence-corrected chi connectivity index (χ1v) is 21.3. The smallest absolute Gasteiger partial charge is 0.338 e. The number of unbranched alkanes of at least 4 members (excludes halogenated alkanes) is 9. The van der Waals surface area contributed by atoms with E-state index in [2.05, 4.69) is 106 Å². The summed E-state index contributed by atoms with van der Waals surface area (Å²) in [5.74, 6) is -0.414. The zero-order chi connectivity index (χ0) is 40.4. The Morgan fingerprint density at radius 2 is 0.630 bits per heavy atom. The summed E-state index contributed by atoms with van der Waals surface area (Å²) in [6.45, 7) is 31.5. The van der Waals surface area contributed by atoms with E-state index < -0.39 is 0 Å². The predicted octanol–water partition coefficient (Wildman–Crippen LogP) is 11.8. The zero-order valence-electron chi connectivity index (χ0n) is 36.8. The summed E-state index contributed by atoms with van der Waals surface area (Å²) >= 11 is 0. The fourth-order valence-electron chi connectivity index (χ4n) is 6.23. The maximum atomic E-state index is 12.9. The van der Waals surface area contributed by atoms with Crippen LogP contribution in [0.2, 0.25) is 0 Å². The van der Waals surface area contributed by atoms with Gasteiger partial charge >= 0.3 is 11.9 Å². The Hall–Kier alpha value is -2.70. The largest absolute Gasteiger partial charge is 0.462 e. The lowest BCUT2D eigenvalue weighted by molar-refractivity contribution is 0.0488. The SMILES string of the molecule is CC(C)(C)c1cc(C(=O)OCCCCCCNCCCCCCNCCCCCCOC(=O)c2cc(C(C)(C)C)cc(C(C)(C)C)c2)cc(C(C)(C)C)c1. The number of hydrogen-bond acceptors (Lipinski definition) is 6. The molecule has 0 spiro atoms. The number of nitrogens with one attached hydrogen (secondary N) is 2. The van der Waals surface area contributed by atoms with Gasteiger partial charge in [0.15, 0.2) is 0 Å². The van der Waals surface area contributed by atoms with Crippen LogP contribution in [0.4, 0.5) is 0 Å². The van der Waals surface area contributed by atoms with Crippen LogP contribution < -0.4 is 10.6 Å². The Balaban J connectivity index is 1.41. The van der Waals surface area contributed by atoms with E-state index in [1.807, 2.05) is 24.3 Å². The highest BCUT2D eigenvalue weighted by Crippen LogP contribution is 2.32. The van der Waals surface area contributed by atoms with E-state index in [1.54, 1.807) is 0 Å². The number of hydrogen-bond donors (Lipinski definition) is 2. The predicted molar refractivity (Wildman–Crippen MR) is 229 cm³/mol. The highest BCUT2D eigenvalue weighted by Gasteiger charge is 2.24. The molecule has 0 fully saturated rings. The number of benzene rings is 2. The third-order valence-corrected chi connectivity index (χ3v) is 10.2. The monoisotopic (exact) mass is 749 g/mol. The van der Waals surface area contributed by atoms with Crippen LogP contribution in [0.5, 0.6) is 0 Å². The fourth-order valence-corrected chi connectivity index (χ4v) is 6.23. The number of carbonyl (C=O) groups is 2. The summed E-state index contributed by atoms with van der Waals surface area (Å²) in [6, 6.07) is 12.5. The molecule has 0 unspecified atom stereocenters. The van der Waals surface area contributed by atoms with Crippen LogP contribution in [-0.2, 0) is 31.1 Å². The van der Waals surface area contributed by atoms with E-state index in [9.17, 15) is 9.59 Å². The minimum atomic E-state index is -0.207. The molecule has 306 valence electrons. The van der Waals surface area contributed by atoms with Gasteiger partial charge in [0.2, 0.25) is 0 Å². The van der Waals surface area contributed by atoms with Crippen LogP contribution in [0.15, 0.2) is 36.4 Å². The zero-order valence-corrected chi connectivity index (χ0v) is 36.8. The van der Waals surface area contributed by atoms with Gasteiger partial charge in [-0.05, 0) is 133 Å². The summed E-state index contributed by atoms with van der Waals surface area (Å²) < 4.78 is 11.3. The van der Waals surface area contributed by atoms with Crippen molar-refractivity contribution in [3.63, 3.8) is 0 Å². The van der Waals surface area contributed by atoms with Crippen molar-refractivity contribution < 1.29 is 19.1 Å². The fraction of sp³-hybridized carbons (Fsp3) is 0.708. The second-order valence-electron chi connectivity index (χ2n) is 19.6. The van der Waals surface area contributed by atoms with Crippen LogP contribution in [-0.4, -0.2) is 51.3 Å². The summed E-state index contributed by atoms with van der Waals surface area (Å²) in [6.07, 6.45) is 13.6. The first-order chi connectivity index (χ1) is 25.2. The lowest BCUT2D eigenvalue weighted by Gasteiger charge is -2.26. The van der Waals surface area contributed by atoms with Crippen molar-refractivity contribution in [3.8, 4) is 0 Å². The maximum absolute atomic E-state index is 12.9. The van der Waals surface area contributed by atoms with Gasteiger partial charge in [0.1, 0.15) is 0 Å². The summed E-state index contributed by atoms with van der Waals surface area (Å²) in [4.78, 5) is 25.7. The first kappa shape index (κ1) is 47.5. The van der Waals surface area contributed by atoms with Crippen molar-refractivity contribution in [2.75, 3.05) is 39.4 Å². The van der Waals surface area contributed by atoms with Gasteiger partial charge in [-0.15, -0.1) is 0 Å². The molecule has 0 saturated heterocycles. The molecular weight excluding hydrogens is 669 g/mol. The first-order valence-electron chi connectivity index (χ1n) is 21.3. The van der Waals surface area contributed by atoms with Gasteiger partial charge in [-0.3, -0.25) is 0 Å². The molecule has 2 aromatic rings. The molecule has 0 radical (unpaired) electrons. The van der Waals surface area contributed by atoms with E-state index in [1.165, 1.54) is 47.9 Å². The lowest BCUT2D eigenvalue weighted by atomic mass is 9.79. The molecule has 2 rings (SSSR count). The third kappa shape index (κ3) is 18.8. The van der Waals surface area contributed by atoms with Gasteiger partial charge in [-0.2, -0.15) is 0 Å². The van der Waals surface area contributed by atoms with Crippen molar-refractivity contribution in [2.45, 2.75) is 182 Å². The highest BCUT2D eigenvalue weighted by atomic mass is 16.5. The molecule has 0 aromatic heterocycles. The van der Waals surface area contributed by atoms with Gasteiger partial charge in [-0.25, -0.2) is 9.59 Å². The molecule has 0 saturated carbocycles. The van der Waals surface area contributed by atoms with E-state index in [0.29, 0.717) is 24.3 Å². The topological polar surface area (TPSA) is 76.7 Å².